The molecule has 0 bridgehead atoms. The normalized spacial score (nSPS) is 14.5. The topological polar surface area (TPSA) is 58.6 Å². The second kappa shape index (κ2) is 14.0. The van der Waals surface area contributed by atoms with Gasteiger partial charge in [0.1, 0.15) is 11.8 Å². The Balaban J connectivity index is 1.63. The molecule has 0 radical (unpaired) electrons. The van der Waals surface area contributed by atoms with Gasteiger partial charge in [-0.2, -0.15) is 0 Å². The van der Waals surface area contributed by atoms with Gasteiger partial charge in [0.15, 0.2) is 0 Å². The Hall–Kier alpha value is -3.31. The zero-order valence-electron chi connectivity index (χ0n) is 22.1. The van der Waals surface area contributed by atoms with Gasteiger partial charge < -0.3 is 15.0 Å². The monoisotopic (exact) mass is 532 g/mol. The smallest absolute Gasteiger partial charge is 0.243 e. The molecule has 1 aliphatic carbocycles. The number of rotatable bonds is 11. The largest absolute Gasteiger partial charge is 0.497 e. The molecule has 1 aliphatic rings. The fourth-order valence-electron chi connectivity index (χ4n) is 5.15. The number of nitrogens with one attached hydrogen (secondary N) is 1. The molecule has 0 aliphatic heterocycles. The number of methoxy groups -OCH3 is 1. The van der Waals surface area contributed by atoms with Gasteiger partial charge in [-0.1, -0.05) is 91.5 Å². The van der Waals surface area contributed by atoms with E-state index in [-0.39, 0.29) is 24.3 Å². The van der Waals surface area contributed by atoms with E-state index in [1.165, 1.54) is 6.42 Å². The van der Waals surface area contributed by atoms with E-state index in [4.69, 9.17) is 16.3 Å². The second-order valence-corrected chi connectivity index (χ2v) is 10.4. The summed E-state index contributed by atoms with van der Waals surface area (Å²) < 4.78 is 5.42. The van der Waals surface area contributed by atoms with Crippen LogP contribution in [0.2, 0.25) is 5.02 Å². The minimum absolute atomic E-state index is 0.0764. The average Bonchev–Trinajstić information content (AvgIpc) is 2.95. The van der Waals surface area contributed by atoms with E-state index in [1.54, 1.807) is 12.0 Å². The van der Waals surface area contributed by atoms with E-state index < -0.39 is 6.04 Å². The fraction of sp³-hybridized carbons (Fsp3) is 0.375. The Morgan fingerprint density at radius 1 is 0.947 bits per heavy atom. The van der Waals surface area contributed by atoms with Crippen LogP contribution in [0.25, 0.3) is 0 Å². The summed E-state index contributed by atoms with van der Waals surface area (Å²) in [5.41, 5.74) is 2.86. The maximum absolute atomic E-state index is 13.9. The maximum Gasteiger partial charge on any atom is 0.243 e. The van der Waals surface area contributed by atoms with Crippen molar-refractivity contribution >= 4 is 23.4 Å². The Bertz CT molecular complexity index is 1190. The van der Waals surface area contributed by atoms with Crippen LogP contribution in [0.3, 0.4) is 0 Å². The van der Waals surface area contributed by atoms with Gasteiger partial charge in [-0.15, -0.1) is 0 Å². The highest BCUT2D eigenvalue weighted by Gasteiger charge is 2.32. The third kappa shape index (κ3) is 7.84. The van der Waals surface area contributed by atoms with Gasteiger partial charge in [0, 0.05) is 30.5 Å². The molecule has 2 amide bonds. The number of halogens is 1. The summed E-state index contributed by atoms with van der Waals surface area (Å²) in [6, 6.07) is 24.7. The summed E-state index contributed by atoms with van der Waals surface area (Å²) in [5.74, 6) is 0.555. The number of aryl methyl sites for hydroxylation is 1. The molecule has 0 spiro atoms. The summed E-state index contributed by atoms with van der Waals surface area (Å²) in [5, 5.41) is 3.94. The molecular weight excluding hydrogens is 496 g/mol. The van der Waals surface area contributed by atoms with E-state index >= 15 is 0 Å². The van der Waals surface area contributed by atoms with Crippen molar-refractivity contribution in [3.05, 3.63) is 101 Å². The van der Waals surface area contributed by atoms with Gasteiger partial charge in [-0.05, 0) is 54.2 Å². The second-order valence-electron chi connectivity index (χ2n) is 10.0. The molecule has 38 heavy (non-hydrogen) atoms. The van der Waals surface area contributed by atoms with Gasteiger partial charge >= 0.3 is 0 Å². The lowest BCUT2D eigenvalue weighted by Crippen LogP contribution is -2.52. The van der Waals surface area contributed by atoms with Gasteiger partial charge in [-0.25, -0.2) is 0 Å². The minimum Gasteiger partial charge on any atom is -0.497 e. The lowest BCUT2D eigenvalue weighted by molar-refractivity contribution is -0.141. The van der Waals surface area contributed by atoms with Crippen molar-refractivity contribution in [1.29, 1.82) is 0 Å². The SMILES string of the molecule is COc1cccc(CN(C(=O)CCc2ccccc2Cl)[C@H](Cc2ccccc2)C(=O)NC2CCCCC2)c1. The molecule has 6 heteroatoms. The van der Waals surface area contributed by atoms with Crippen molar-refractivity contribution in [2.24, 2.45) is 0 Å². The van der Waals surface area contributed by atoms with Crippen LogP contribution in [0.15, 0.2) is 78.9 Å². The van der Waals surface area contributed by atoms with Gasteiger partial charge in [0.25, 0.3) is 0 Å². The molecule has 1 N–H and O–H groups in total. The third-order valence-corrected chi connectivity index (χ3v) is 7.64. The molecule has 0 heterocycles. The highest BCUT2D eigenvalue weighted by Crippen LogP contribution is 2.23. The van der Waals surface area contributed by atoms with Crippen molar-refractivity contribution in [2.45, 2.75) is 70.0 Å². The zero-order valence-corrected chi connectivity index (χ0v) is 22.8. The summed E-state index contributed by atoms with van der Waals surface area (Å²) in [4.78, 5) is 29.5. The van der Waals surface area contributed by atoms with Crippen LogP contribution in [0.5, 0.6) is 5.75 Å². The first-order valence-corrected chi connectivity index (χ1v) is 13.9. The van der Waals surface area contributed by atoms with Gasteiger partial charge in [0.2, 0.25) is 11.8 Å². The number of carbonyl (C=O) groups is 2. The lowest BCUT2D eigenvalue weighted by atomic mass is 9.94. The molecule has 1 fully saturated rings. The Kier molecular flexibility index (Phi) is 10.2. The molecule has 200 valence electrons. The molecular formula is C32H37ClN2O3. The number of nitrogens with zero attached hydrogens (tertiary/aromatic N) is 1. The van der Waals surface area contributed by atoms with Crippen LogP contribution in [0.1, 0.15) is 55.2 Å². The van der Waals surface area contributed by atoms with Crippen molar-refractivity contribution in [3.63, 3.8) is 0 Å². The number of hydrogen-bond acceptors (Lipinski definition) is 3. The molecule has 5 nitrogen and oxygen atoms in total. The van der Waals surface area contributed by atoms with Crippen molar-refractivity contribution < 1.29 is 14.3 Å². The third-order valence-electron chi connectivity index (χ3n) is 7.28. The van der Waals surface area contributed by atoms with Crippen LogP contribution in [-0.4, -0.2) is 35.9 Å². The molecule has 0 saturated heterocycles. The van der Waals surface area contributed by atoms with Crippen molar-refractivity contribution in [1.82, 2.24) is 10.2 Å². The van der Waals surface area contributed by atoms with Crippen LogP contribution in [0.4, 0.5) is 0 Å². The lowest BCUT2D eigenvalue weighted by Gasteiger charge is -2.33. The Morgan fingerprint density at radius 3 is 2.39 bits per heavy atom. The fourth-order valence-corrected chi connectivity index (χ4v) is 5.38. The summed E-state index contributed by atoms with van der Waals surface area (Å²) in [7, 11) is 1.63. The summed E-state index contributed by atoms with van der Waals surface area (Å²) in [6.45, 7) is 0.314. The summed E-state index contributed by atoms with van der Waals surface area (Å²) in [6.07, 6.45) is 6.64. The molecule has 3 aromatic carbocycles. The predicted octanol–water partition coefficient (Wildman–Crippen LogP) is 6.37. The van der Waals surface area contributed by atoms with E-state index in [0.717, 1.165) is 48.1 Å². The first-order valence-electron chi connectivity index (χ1n) is 13.5. The number of hydrogen-bond donors (Lipinski definition) is 1. The van der Waals surface area contributed by atoms with E-state index in [9.17, 15) is 9.59 Å². The number of amides is 2. The first-order chi connectivity index (χ1) is 18.5. The zero-order chi connectivity index (χ0) is 26.7. The summed E-state index contributed by atoms with van der Waals surface area (Å²) >= 11 is 6.38. The van der Waals surface area contributed by atoms with E-state index in [2.05, 4.69) is 5.32 Å². The van der Waals surface area contributed by atoms with Crippen molar-refractivity contribution in [2.75, 3.05) is 7.11 Å². The minimum atomic E-state index is -0.635. The standard InChI is InChI=1S/C32H37ClN2O3/c1-38-28-17-10-13-25(21-28)23-35(31(36)20-19-26-14-8-9-18-29(26)33)30(22-24-11-4-2-5-12-24)32(37)34-27-15-6-3-7-16-27/h2,4-5,8-14,17-18,21,27,30H,3,6-7,15-16,19-20,22-23H2,1H3,(H,34,37)/t30-/m1/s1. The van der Waals surface area contributed by atoms with Crippen LogP contribution < -0.4 is 10.1 Å². The van der Waals surface area contributed by atoms with E-state index in [0.29, 0.717) is 24.4 Å². The molecule has 0 aromatic heterocycles. The maximum atomic E-state index is 13.9. The van der Waals surface area contributed by atoms with Crippen LogP contribution in [-0.2, 0) is 29.0 Å². The number of carbonyl (C=O) groups excluding carboxylic acids is 2. The highest BCUT2D eigenvalue weighted by atomic mass is 35.5. The molecule has 1 saturated carbocycles. The van der Waals surface area contributed by atoms with Gasteiger partial charge in [-0.3, -0.25) is 9.59 Å². The Morgan fingerprint density at radius 2 is 1.66 bits per heavy atom. The number of ether oxygens (including phenoxy) is 1. The van der Waals surface area contributed by atoms with Crippen LogP contribution in [0, 0.1) is 0 Å². The quantitative estimate of drug-likeness (QED) is 0.312. The van der Waals surface area contributed by atoms with Crippen molar-refractivity contribution in [3.8, 4) is 5.75 Å². The predicted molar refractivity (Wildman–Crippen MR) is 152 cm³/mol. The van der Waals surface area contributed by atoms with Gasteiger partial charge in [0.05, 0.1) is 7.11 Å². The number of benzene rings is 3. The molecule has 1 atom stereocenters. The first kappa shape index (κ1) is 27.7. The molecule has 0 unspecified atom stereocenters. The highest BCUT2D eigenvalue weighted by molar-refractivity contribution is 6.31. The van der Waals surface area contributed by atoms with Crippen LogP contribution >= 0.6 is 11.6 Å². The Labute approximate surface area is 231 Å². The van der Waals surface area contributed by atoms with E-state index in [1.807, 2.05) is 78.9 Å². The average molecular weight is 533 g/mol. The molecule has 3 aromatic rings. The molecule has 4 rings (SSSR count).